The molecule has 1 amide bonds. The van der Waals surface area contributed by atoms with Gasteiger partial charge in [-0.25, -0.2) is 8.78 Å². The number of ether oxygens (including phenoxy) is 3. The third-order valence-corrected chi connectivity index (χ3v) is 6.88. The quantitative estimate of drug-likeness (QED) is 0.316. The molecule has 0 spiro atoms. The first kappa shape index (κ1) is 24.5. The van der Waals surface area contributed by atoms with E-state index in [2.05, 4.69) is 29.9 Å². The molecule has 3 aromatic heterocycles. The van der Waals surface area contributed by atoms with Gasteiger partial charge in [0.25, 0.3) is 11.9 Å². The third-order valence-electron chi connectivity index (χ3n) is 6.61. The Morgan fingerprint density at radius 3 is 2.82 bits per heavy atom. The van der Waals surface area contributed by atoms with E-state index in [1.807, 2.05) is 0 Å². The molecule has 0 bridgehead atoms. The van der Waals surface area contributed by atoms with Crippen molar-refractivity contribution in [2.24, 2.45) is 5.92 Å². The second-order valence-electron chi connectivity index (χ2n) is 9.03. The van der Waals surface area contributed by atoms with Gasteiger partial charge >= 0.3 is 0 Å². The standard InChI is InChI=1S/C24H20ClF2N5O6/c25-14-5-17-21(32-24(30-17)38-19-2-1-12-18(33)9-35-20(12)19)31-23(14)36-8-13-15(26)3-10(4-16(13)27)22(34)29-11-6-28-37-7-11/h3-7,12,18-20,33H,1-2,8-9H2,(H,29,34)(H,30,31,32)/t12?,18-,19-,20+/m1/s1. The zero-order valence-electron chi connectivity index (χ0n) is 19.5. The van der Waals surface area contributed by atoms with Crippen LogP contribution in [-0.2, 0) is 11.3 Å². The average Bonchev–Trinajstić information content (AvgIpc) is 3.67. The van der Waals surface area contributed by atoms with Crippen LogP contribution in [0.25, 0.3) is 11.2 Å². The van der Waals surface area contributed by atoms with E-state index in [0.717, 1.165) is 18.6 Å². The number of aromatic nitrogens is 4. The number of H-pyrrole nitrogens is 1. The maximum Gasteiger partial charge on any atom is 0.296 e. The SMILES string of the molecule is O=C(Nc1cnoc1)c1cc(F)c(COc2nc3nc(O[C@@H]4CCC5[C@H](O)CO[C@@H]54)[nH]c3cc2Cl)c(F)c1. The number of fused-ring (bicyclic) bond motifs is 2. The maximum atomic E-state index is 14.7. The summed E-state index contributed by atoms with van der Waals surface area (Å²) in [5, 5.41) is 15.9. The molecule has 3 N–H and O–H groups in total. The molecular weight excluding hydrogens is 528 g/mol. The van der Waals surface area contributed by atoms with Crippen molar-refractivity contribution in [2.75, 3.05) is 11.9 Å². The molecule has 1 aromatic carbocycles. The van der Waals surface area contributed by atoms with Crippen molar-refractivity contribution in [3.8, 4) is 11.9 Å². The first-order valence-corrected chi connectivity index (χ1v) is 12.1. The van der Waals surface area contributed by atoms with Crippen molar-refractivity contribution < 1.29 is 37.4 Å². The second kappa shape index (κ2) is 9.82. The molecule has 4 heterocycles. The molecule has 4 aromatic rings. The number of hydrogen-bond acceptors (Lipinski definition) is 9. The number of carbonyl (C=O) groups is 1. The number of rotatable bonds is 7. The van der Waals surface area contributed by atoms with Gasteiger partial charge in [-0.15, -0.1) is 0 Å². The van der Waals surface area contributed by atoms with Crippen LogP contribution in [0.4, 0.5) is 14.5 Å². The van der Waals surface area contributed by atoms with Crippen LogP contribution < -0.4 is 14.8 Å². The zero-order chi connectivity index (χ0) is 26.4. The number of amides is 1. The van der Waals surface area contributed by atoms with Crippen molar-refractivity contribution in [1.29, 1.82) is 0 Å². The Morgan fingerprint density at radius 1 is 1.24 bits per heavy atom. The minimum atomic E-state index is -0.984. The number of nitrogens with one attached hydrogen (secondary N) is 2. The van der Waals surface area contributed by atoms with Gasteiger partial charge in [-0.05, 0) is 31.0 Å². The molecular formula is C24H20ClF2N5O6. The number of nitrogens with zero attached hydrogens (tertiary/aromatic N) is 3. The molecule has 11 nitrogen and oxygen atoms in total. The Balaban J connectivity index is 1.15. The minimum Gasteiger partial charge on any atom is -0.471 e. The molecule has 1 saturated carbocycles. The van der Waals surface area contributed by atoms with E-state index in [9.17, 15) is 18.7 Å². The first-order chi connectivity index (χ1) is 18.4. The normalized spacial score (nSPS) is 22.5. The van der Waals surface area contributed by atoms with E-state index in [0.29, 0.717) is 11.9 Å². The van der Waals surface area contributed by atoms with Gasteiger partial charge < -0.3 is 34.1 Å². The third kappa shape index (κ3) is 4.64. The van der Waals surface area contributed by atoms with Crippen molar-refractivity contribution in [1.82, 2.24) is 20.1 Å². The summed E-state index contributed by atoms with van der Waals surface area (Å²) in [6, 6.07) is 3.49. The summed E-state index contributed by atoms with van der Waals surface area (Å²) in [5.74, 6) is -2.76. The van der Waals surface area contributed by atoms with Crippen LogP contribution in [0.2, 0.25) is 5.02 Å². The summed E-state index contributed by atoms with van der Waals surface area (Å²) >= 11 is 6.27. The number of hydrogen-bond donors (Lipinski definition) is 3. The van der Waals surface area contributed by atoms with Crippen LogP contribution in [0, 0.1) is 17.6 Å². The van der Waals surface area contributed by atoms with Gasteiger partial charge in [0.05, 0.1) is 36.1 Å². The Bertz CT molecular complexity index is 1480. The Morgan fingerprint density at radius 2 is 2.05 bits per heavy atom. The van der Waals surface area contributed by atoms with Gasteiger partial charge in [0.1, 0.15) is 41.3 Å². The Hall–Kier alpha value is -3.81. The van der Waals surface area contributed by atoms with Gasteiger partial charge in [0.2, 0.25) is 5.88 Å². The molecule has 1 unspecified atom stereocenters. The monoisotopic (exact) mass is 547 g/mol. The van der Waals surface area contributed by atoms with E-state index in [-0.39, 0.29) is 58.5 Å². The lowest BCUT2D eigenvalue weighted by atomic mass is 10.0. The van der Waals surface area contributed by atoms with Crippen LogP contribution in [-0.4, -0.2) is 56.0 Å². The molecule has 0 radical (unpaired) electrons. The summed E-state index contributed by atoms with van der Waals surface area (Å²) in [6.45, 7) is -0.255. The topological polar surface area (TPSA) is 145 Å². The number of benzene rings is 1. The molecule has 38 heavy (non-hydrogen) atoms. The van der Waals surface area contributed by atoms with E-state index in [1.54, 1.807) is 0 Å². The smallest absolute Gasteiger partial charge is 0.296 e. The molecule has 1 saturated heterocycles. The lowest BCUT2D eigenvalue weighted by Crippen LogP contribution is -2.30. The van der Waals surface area contributed by atoms with Crippen molar-refractivity contribution in [3.05, 3.63) is 58.4 Å². The number of halogens is 3. The lowest BCUT2D eigenvalue weighted by molar-refractivity contribution is 0.0135. The Labute approximate surface area is 218 Å². The number of imidazole rings is 1. The predicted octanol–water partition coefficient (Wildman–Crippen LogP) is 3.63. The summed E-state index contributed by atoms with van der Waals surface area (Å²) in [4.78, 5) is 23.8. The second-order valence-corrected chi connectivity index (χ2v) is 9.43. The van der Waals surface area contributed by atoms with E-state index < -0.39 is 35.8 Å². The number of pyridine rings is 1. The molecule has 1 aliphatic carbocycles. The molecule has 1 aliphatic heterocycles. The van der Waals surface area contributed by atoms with Crippen LogP contribution in [0.1, 0.15) is 28.8 Å². The highest BCUT2D eigenvalue weighted by Crippen LogP contribution is 2.38. The average molecular weight is 548 g/mol. The highest BCUT2D eigenvalue weighted by molar-refractivity contribution is 6.32. The predicted molar refractivity (Wildman–Crippen MR) is 127 cm³/mol. The molecule has 6 rings (SSSR count). The molecule has 2 aliphatic rings. The van der Waals surface area contributed by atoms with Gasteiger partial charge in [-0.3, -0.25) is 4.79 Å². The fraction of sp³-hybridized carbons (Fsp3) is 0.333. The van der Waals surface area contributed by atoms with Gasteiger partial charge in [-0.2, -0.15) is 9.97 Å². The summed E-state index contributed by atoms with van der Waals surface area (Å²) < 4.78 is 51.1. The Kier molecular flexibility index (Phi) is 6.33. The van der Waals surface area contributed by atoms with Crippen LogP contribution >= 0.6 is 11.6 Å². The van der Waals surface area contributed by atoms with Crippen molar-refractivity contribution >= 4 is 34.4 Å². The summed E-state index contributed by atoms with van der Waals surface area (Å²) in [7, 11) is 0. The van der Waals surface area contributed by atoms with Gasteiger partial charge in [-0.1, -0.05) is 16.8 Å². The lowest BCUT2D eigenvalue weighted by Gasteiger charge is -2.17. The highest BCUT2D eigenvalue weighted by Gasteiger charge is 2.47. The molecule has 14 heteroatoms. The van der Waals surface area contributed by atoms with Crippen LogP contribution in [0.5, 0.6) is 11.9 Å². The first-order valence-electron chi connectivity index (χ1n) is 11.7. The minimum absolute atomic E-state index is 0.0370. The van der Waals surface area contributed by atoms with E-state index in [1.165, 1.54) is 18.5 Å². The fourth-order valence-corrected chi connectivity index (χ4v) is 4.93. The van der Waals surface area contributed by atoms with Crippen LogP contribution in [0.3, 0.4) is 0 Å². The summed E-state index contributed by atoms with van der Waals surface area (Å²) in [6.07, 6.45) is 2.95. The number of aliphatic hydroxyl groups excluding tert-OH is 1. The highest BCUT2D eigenvalue weighted by atomic mass is 35.5. The van der Waals surface area contributed by atoms with E-state index >= 15 is 0 Å². The van der Waals surface area contributed by atoms with Crippen molar-refractivity contribution in [2.45, 2.75) is 37.8 Å². The number of carbonyl (C=O) groups excluding carboxylic acids is 1. The van der Waals surface area contributed by atoms with Gasteiger partial charge in [0.15, 0.2) is 5.65 Å². The van der Waals surface area contributed by atoms with Gasteiger partial charge in [0, 0.05) is 11.5 Å². The number of aliphatic hydroxyl groups is 1. The van der Waals surface area contributed by atoms with Crippen molar-refractivity contribution in [3.63, 3.8) is 0 Å². The molecule has 198 valence electrons. The van der Waals surface area contributed by atoms with Crippen LogP contribution in [0.15, 0.2) is 35.2 Å². The zero-order valence-corrected chi connectivity index (χ0v) is 20.2. The van der Waals surface area contributed by atoms with E-state index in [4.69, 9.17) is 25.8 Å². The summed E-state index contributed by atoms with van der Waals surface area (Å²) in [5.41, 5.74) is 0.287. The largest absolute Gasteiger partial charge is 0.471 e. The molecule has 4 atom stereocenters. The fourth-order valence-electron chi connectivity index (χ4n) is 4.72. The maximum absolute atomic E-state index is 14.7. The molecule has 2 fully saturated rings. The number of anilines is 1. The number of aromatic amines is 1.